The number of nitrogens with one attached hydrogen (secondary N) is 1. The molecule has 1 aliphatic rings. The number of aromatic amines is 1. The fraction of sp³-hybridized carbons (Fsp3) is 0.444. The number of carbonyl (C=O) groups is 2. The molecule has 0 radical (unpaired) electrons. The number of ketones is 1. The van der Waals surface area contributed by atoms with E-state index in [1.807, 2.05) is 0 Å². The van der Waals surface area contributed by atoms with Crippen LogP contribution in [0, 0.1) is 0 Å². The lowest BCUT2D eigenvalue weighted by Crippen LogP contribution is -2.38. The smallest absolute Gasteiger partial charge is 0.275 e. The van der Waals surface area contributed by atoms with Crippen LogP contribution in [0.5, 0.6) is 0 Å². The number of imidazole rings is 1. The van der Waals surface area contributed by atoms with Crippen LogP contribution in [0.3, 0.4) is 0 Å². The van der Waals surface area contributed by atoms with E-state index in [-0.39, 0.29) is 17.7 Å². The lowest BCUT2D eigenvalue weighted by atomic mass is 10.2. The van der Waals surface area contributed by atoms with Crippen LogP contribution in [0.25, 0.3) is 0 Å². The van der Waals surface area contributed by atoms with Gasteiger partial charge in [-0.3, -0.25) is 9.59 Å². The summed E-state index contributed by atoms with van der Waals surface area (Å²) >= 11 is 0. The average Bonchev–Trinajstić information content (AvgIpc) is 2.68. The predicted octanol–water partition coefficient (Wildman–Crippen LogP) is 0.343. The van der Waals surface area contributed by atoms with E-state index >= 15 is 0 Å². The summed E-state index contributed by atoms with van der Waals surface area (Å²) in [5.74, 6) is -0.174. The van der Waals surface area contributed by atoms with Gasteiger partial charge in [0.2, 0.25) is 0 Å². The molecule has 0 spiro atoms. The molecular formula is C9H11N3O2. The van der Waals surface area contributed by atoms with E-state index in [0.717, 1.165) is 5.69 Å². The van der Waals surface area contributed by atoms with Crippen molar-refractivity contribution in [1.29, 1.82) is 0 Å². The van der Waals surface area contributed by atoms with E-state index in [0.29, 0.717) is 12.2 Å². The second-order valence-electron chi connectivity index (χ2n) is 3.45. The molecule has 1 aromatic heterocycles. The van der Waals surface area contributed by atoms with E-state index in [1.165, 1.54) is 18.2 Å². The summed E-state index contributed by atoms with van der Waals surface area (Å²) in [4.78, 5) is 31.1. The van der Waals surface area contributed by atoms with E-state index < -0.39 is 0 Å². The zero-order valence-electron chi connectivity index (χ0n) is 8.07. The van der Waals surface area contributed by atoms with Crippen molar-refractivity contribution in [3.63, 3.8) is 0 Å². The van der Waals surface area contributed by atoms with Crippen LogP contribution >= 0.6 is 0 Å². The zero-order valence-corrected chi connectivity index (χ0v) is 8.07. The molecule has 74 valence electrons. The molecule has 1 atom stereocenters. The summed E-state index contributed by atoms with van der Waals surface area (Å²) in [5, 5.41) is 0. The predicted molar refractivity (Wildman–Crippen MR) is 48.6 cm³/mol. The van der Waals surface area contributed by atoms with Gasteiger partial charge in [-0.2, -0.15) is 0 Å². The monoisotopic (exact) mass is 193 g/mol. The lowest BCUT2D eigenvalue weighted by molar-refractivity contribution is -0.120. The highest BCUT2D eigenvalue weighted by Gasteiger charge is 2.34. The molecule has 0 saturated carbocycles. The second-order valence-corrected chi connectivity index (χ2v) is 3.45. The first-order valence-corrected chi connectivity index (χ1v) is 4.45. The van der Waals surface area contributed by atoms with Crippen molar-refractivity contribution in [2.24, 2.45) is 0 Å². The van der Waals surface area contributed by atoms with Gasteiger partial charge in [0.1, 0.15) is 0 Å². The minimum absolute atomic E-state index is 0.0106. The van der Waals surface area contributed by atoms with Gasteiger partial charge in [0, 0.05) is 0 Å². The fourth-order valence-corrected chi connectivity index (χ4v) is 1.54. The van der Waals surface area contributed by atoms with E-state index in [2.05, 4.69) is 9.97 Å². The highest BCUT2D eigenvalue weighted by molar-refractivity contribution is 5.99. The molecule has 2 rings (SSSR count). The summed E-state index contributed by atoms with van der Waals surface area (Å²) in [6, 6.07) is -0.370. The molecule has 1 aromatic rings. The van der Waals surface area contributed by atoms with Gasteiger partial charge in [0.25, 0.3) is 5.91 Å². The molecule has 1 unspecified atom stereocenters. The molecule has 0 fully saturated rings. The molecule has 0 saturated heterocycles. The molecule has 5 heteroatoms. The highest BCUT2D eigenvalue weighted by Crippen LogP contribution is 2.21. The van der Waals surface area contributed by atoms with Gasteiger partial charge in [-0.25, -0.2) is 4.98 Å². The molecule has 14 heavy (non-hydrogen) atoms. The van der Waals surface area contributed by atoms with E-state index in [4.69, 9.17) is 0 Å². The maximum atomic E-state index is 11.7. The Morgan fingerprint density at radius 3 is 3.00 bits per heavy atom. The first kappa shape index (κ1) is 8.93. The fourth-order valence-electron chi connectivity index (χ4n) is 1.54. The summed E-state index contributed by atoms with van der Waals surface area (Å²) < 4.78 is 0. The topological polar surface area (TPSA) is 66.1 Å². The number of aromatic nitrogens is 2. The largest absolute Gasteiger partial charge is 0.346 e. The quantitative estimate of drug-likeness (QED) is 0.736. The third-order valence-electron chi connectivity index (χ3n) is 2.57. The van der Waals surface area contributed by atoms with Gasteiger partial charge >= 0.3 is 0 Å². The number of rotatable bonds is 2. The average molecular weight is 193 g/mol. The van der Waals surface area contributed by atoms with Gasteiger partial charge in [-0.1, -0.05) is 0 Å². The highest BCUT2D eigenvalue weighted by atomic mass is 16.2. The zero-order chi connectivity index (χ0) is 10.3. The molecule has 0 aliphatic carbocycles. The third-order valence-corrected chi connectivity index (χ3v) is 2.57. The molecule has 5 nitrogen and oxygen atoms in total. The van der Waals surface area contributed by atoms with Crippen molar-refractivity contribution >= 4 is 11.7 Å². The summed E-state index contributed by atoms with van der Waals surface area (Å²) in [6.07, 6.45) is 1.50. The Balaban J connectivity index is 2.26. The van der Waals surface area contributed by atoms with Crippen LogP contribution in [-0.4, -0.2) is 32.6 Å². The number of hydrogen-bond acceptors (Lipinski definition) is 3. The number of amides is 1. The minimum Gasteiger partial charge on any atom is -0.346 e. The first-order chi connectivity index (χ1) is 6.61. The molecule has 0 aromatic carbocycles. The number of nitrogens with zero attached hydrogens (tertiary/aromatic N) is 2. The number of Topliss-reactive ketones (excluding diaryl/α,β-unsaturated/α-hetero) is 1. The Labute approximate surface area is 81.1 Å². The van der Waals surface area contributed by atoms with Crippen LogP contribution in [0.15, 0.2) is 6.33 Å². The first-order valence-electron chi connectivity index (χ1n) is 4.45. The van der Waals surface area contributed by atoms with E-state index in [1.54, 1.807) is 6.92 Å². The van der Waals surface area contributed by atoms with Gasteiger partial charge in [-0.15, -0.1) is 0 Å². The SMILES string of the molecule is CC(=O)C(C)N1Cc2[nH]cnc2C1=O. The van der Waals surface area contributed by atoms with Crippen LogP contribution in [0.4, 0.5) is 0 Å². The molecule has 0 bridgehead atoms. The number of hydrogen-bond donors (Lipinski definition) is 1. The molecule has 1 N–H and O–H groups in total. The lowest BCUT2D eigenvalue weighted by Gasteiger charge is -2.21. The van der Waals surface area contributed by atoms with E-state index in [9.17, 15) is 9.59 Å². The molecule has 2 heterocycles. The maximum absolute atomic E-state index is 11.7. The van der Waals surface area contributed by atoms with Crippen molar-refractivity contribution in [1.82, 2.24) is 14.9 Å². The molecule has 1 amide bonds. The normalized spacial score (nSPS) is 17.0. The Bertz CT molecular complexity index is 397. The standard InChI is InChI=1S/C9H11N3O2/c1-5(6(2)13)12-3-7-8(9(12)14)11-4-10-7/h4-5H,3H2,1-2H3,(H,10,11). The van der Waals surface area contributed by atoms with Gasteiger partial charge in [-0.05, 0) is 13.8 Å². The summed E-state index contributed by atoms with van der Waals surface area (Å²) in [7, 11) is 0. The maximum Gasteiger partial charge on any atom is 0.275 e. The molecular weight excluding hydrogens is 182 g/mol. The second kappa shape index (κ2) is 2.94. The van der Waals surface area contributed by atoms with Crippen LogP contribution in [0.2, 0.25) is 0 Å². The van der Waals surface area contributed by atoms with Crippen LogP contribution < -0.4 is 0 Å². The van der Waals surface area contributed by atoms with Crippen molar-refractivity contribution in [2.45, 2.75) is 26.4 Å². The summed E-state index contributed by atoms with van der Waals surface area (Å²) in [6.45, 7) is 3.67. The number of fused-ring (bicyclic) bond motifs is 1. The Hall–Kier alpha value is -1.65. The van der Waals surface area contributed by atoms with Crippen molar-refractivity contribution < 1.29 is 9.59 Å². The molecule has 1 aliphatic heterocycles. The van der Waals surface area contributed by atoms with Gasteiger partial charge in [0.15, 0.2) is 11.5 Å². The number of H-pyrrole nitrogens is 1. The Morgan fingerprint density at radius 1 is 1.71 bits per heavy atom. The third kappa shape index (κ3) is 1.13. The Kier molecular flexibility index (Phi) is 1.87. The van der Waals surface area contributed by atoms with Gasteiger partial charge < -0.3 is 9.88 Å². The van der Waals surface area contributed by atoms with Crippen LogP contribution in [-0.2, 0) is 11.3 Å². The van der Waals surface area contributed by atoms with Crippen LogP contribution in [0.1, 0.15) is 30.0 Å². The Morgan fingerprint density at radius 2 is 2.43 bits per heavy atom. The minimum atomic E-state index is -0.370. The van der Waals surface area contributed by atoms with Crippen molar-refractivity contribution in [2.75, 3.05) is 0 Å². The van der Waals surface area contributed by atoms with Crippen molar-refractivity contribution in [3.05, 3.63) is 17.7 Å². The van der Waals surface area contributed by atoms with Crippen molar-refractivity contribution in [3.8, 4) is 0 Å². The number of carbonyl (C=O) groups excluding carboxylic acids is 2. The summed E-state index contributed by atoms with van der Waals surface area (Å²) in [5.41, 5.74) is 1.24. The van der Waals surface area contributed by atoms with Gasteiger partial charge in [0.05, 0.1) is 24.6 Å².